The van der Waals surface area contributed by atoms with Crippen LogP contribution < -0.4 is 9.84 Å². The maximum absolute atomic E-state index is 11.3. The Labute approximate surface area is 110 Å². The zero-order valence-corrected chi connectivity index (χ0v) is 11.3. The summed E-state index contributed by atoms with van der Waals surface area (Å²) in [7, 11) is 1.50. The van der Waals surface area contributed by atoms with Crippen molar-refractivity contribution in [3.63, 3.8) is 0 Å². The third kappa shape index (κ3) is 5.21. The molecule has 0 amide bonds. The summed E-state index contributed by atoms with van der Waals surface area (Å²) < 4.78 is 5.61. The van der Waals surface area contributed by atoms with Gasteiger partial charge in [0.1, 0.15) is 5.75 Å². The van der Waals surface area contributed by atoms with Gasteiger partial charge in [-0.05, 0) is 30.0 Å². The number of unbranched alkanes of at least 4 members (excludes halogenated alkanes) is 4. The molecule has 0 aliphatic rings. The fourth-order valence-electron chi connectivity index (χ4n) is 1.72. The molecule has 1 rings (SSSR count). The number of nitrogens with zero attached hydrogens (tertiary/aromatic N) is 1. The molecule has 0 saturated carbocycles. The lowest BCUT2D eigenvalue weighted by Gasteiger charge is -2.11. The van der Waals surface area contributed by atoms with Crippen molar-refractivity contribution in [2.45, 2.75) is 39.0 Å². The summed E-state index contributed by atoms with van der Waals surface area (Å²) >= 11 is 0. The highest BCUT2D eigenvalue weighted by molar-refractivity contribution is 5.90. The third-order valence-electron chi connectivity index (χ3n) is 2.82. The molecule has 0 aromatic heterocycles. The van der Waals surface area contributed by atoms with Gasteiger partial charge in [-0.25, -0.2) is 0 Å². The van der Waals surface area contributed by atoms with Crippen molar-refractivity contribution in [3.8, 4) is 5.75 Å². The van der Waals surface area contributed by atoms with Gasteiger partial charge in [0.05, 0.1) is 6.61 Å². The molecule has 0 saturated heterocycles. The smallest absolute Gasteiger partial charge is 0.119 e. The van der Waals surface area contributed by atoms with Gasteiger partial charge in [0.2, 0.25) is 0 Å². The number of hydrogen-bond acceptors (Lipinski definition) is 3. The number of ether oxygens (including phenoxy) is 1. The van der Waals surface area contributed by atoms with Crippen LogP contribution in [0.15, 0.2) is 29.3 Å². The second kappa shape index (κ2) is 8.56. The molecule has 100 valence electrons. The molecule has 0 unspecified atom stereocenters. The highest BCUT2D eigenvalue weighted by Crippen LogP contribution is 2.13. The second-order valence-electron chi connectivity index (χ2n) is 4.32. The van der Waals surface area contributed by atoms with E-state index in [-0.39, 0.29) is 5.90 Å². The molecule has 0 aliphatic carbocycles. The molecule has 0 radical (unpaired) electrons. The Bertz CT molecular complexity index is 357. The summed E-state index contributed by atoms with van der Waals surface area (Å²) in [5.41, 5.74) is 0.604. The van der Waals surface area contributed by atoms with E-state index in [4.69, 9.17) is 4.74 Å². The van der Waals surface area contributed by atoms with E-state index in [1.165, 1.54) is 32.7 Å². The first-order valence-corrected chi connectivity index (χ1v) is 6.65. The number of benzene rings is 1. The predicted molar refractivity (Wildman–Crippen MR) is 73.2 cm³/mol. The van der Waals surface area contributed by atoms with E-state index < -0.39 is 0 Å². The normalized spacial score (nSPS) is 11.6. The SMILES string of the molecule is CCCCCCCOc1ccc(C([O-])=NC)cc1. The van der Waals surface area contributed by atoms with Crippen molar-refractivity contribution >= 4 is 5.90 Å². The molecular formula is C15H22NO2-. The van der Waals surface area contributed by atoms with Crippen molar-refractivity contribution in [3.05, 3.63) is 29.8 Å². The van der Waals surface area contributed by atoms with E-state index in [1.807, 2.05) is 12.1 Å². The highest BCUT2D eigenvalue weighted by Gasteiger charge is 1.95. The van der Waals surface area contributed by atoms with Gasteiger partial charge in [-0.3, -0.25) is 0 Å². The quantitative estimate of drug-likeness (QED) is 0.403. The molecule has 0 bridgehead atoms. The fraction of sp³-hybridized carbons (Fsp3) is 0.533. The molecule has 3 heteroatoms. The van der Waals surface area contributed by atoms with Gasteiger partial charge < -0.3 is 14.8 Å². The lowest BCUT2D eigenvalue weighted by Crippen LogP contribution is -2.18. The maximum atomic E-state index is 11.3. The van der Waals surface area contributed by atoms with Gasteiger partial charge in [-0.2, -0.15) is 0 Å². The Balaban J connectivity index is 2.27. The third-order valence-corrected chi connectivity index (χ3v) is 2.82. The first kappa shape index (κ1) is 14.6. The van der Waals surface area contributed by atoms with Crippen LogP contribution in [0.4, 0.5) is 0 Å². The van der Waals surface area contributed by atoms with E-state index in [0.29, 0.717) is 5.56 Å². The summed E-state index contributed by atoms with van der Waals surface area (Å²) in [5, 5.41) is 11.3. The monoisotopic (exact) mass is 248 g/mol. The molecule has 0 N–H and O–H groups in total. The summed E-state index contributed by atoms with van der Waals surface area (Å²) in [6, 6.07) is 7.15. The molecule has 18 heavy (non-hydrogen) atoms. The van der Waals surface area contributed by atoms with Gasteiger partial charge in [-0.15, -0.1) is 0 Å². The van der Waals surface area contributed by atoms with Crippen LogP contribution in [-0.4, -0.2) is 19.6 Å². The van der Waals surface area contributed by atoms with Crippen LogP contribution in [0.5, 0.6) is 5.75 Å². The summed E-state index contributed by atoms with van der Waals surface area (Å²) in [6.07, 6.45) is 6.16. The molecule has 0 aliphatic heterocycles. The van der Waals surface area contributed by atoms with E-state index in [9.17, 15) is 5.11 Å². The topological polar surface area (TPSA) is 44.6 Å². The van der Waals surface area contributed by atoms with Crippen molar-refractivity contribution in [1.29, 1.82) is 0 Å². The molecule has 1 aromatic carbocycles. The van der Waals surface area contributed by atoms with Gasteiger partial charge in [0, 0.05) is 7.05 Å². The minimum atomic E-state index is -0.193. The lowest BCUT2D eigenvalue weighted by atomic mass is 10.2. The molecule has 0 heterocycles. The lowest BCUT2D eigenvalue weighted by molar-refractivity contribution is -0.213. The zero-order valence-electron chi connectivity index (χ0n) is 11.3. The highest BCUT2D eigenvalue weighted by atomic mass is 16.5. The standard InChI is InChI=1S/C15H23NO2/c1-3-4-5-6-7-12-18-14-10-8-13(9-11-14)15(17)16-2/h8-11H,3-7,12H2,1-2H3,(H,16,17)/p-1. The Morgan fingerprint density at radius 3 is 2.39 bits per heavy atom. The number of rotatable bonds is 8. The van der Waals surface area contributed by atoms with Crippen LogP contribution in [-0.2, 0) is 0 Å². The van der Waals surface area contributed by atoms with Crippen LogP contribution in [0.1, 0.15) is 44.6 Å². The summed E-state index contributed by atoms with van der Waals surface area (Å²) in [4.78, 5) is 3.61. The molecule has 1 aromatic rings. The Kier molecular flexibility index (Phi) is 6.92. The molecule has 0 fully saturated rings. The van der Waals surface area contributed by atoms with E-state index in [2.05, 4.69) is 11.9 Å². The Morgan fingerprint density at radius 1 is 1.11 bits per heavy atom. The van der Waals surface area contributed by atoms with Crippen LogP contribution in [0.2, 0.25) is 0 Å². The van der Waals surface area contributed by atoms with Crippen LogP contribution in [0.25, 0.3) is 0 Å². The van der Waals surface area contributed by atoms with E-state index in [0.717, 1.165) is 18.8 Å². The van der Waals surface area contributed by atoms with Crippen LogP contribution >= 0.6 is 0 Å². The van der Waals surface area contributed by atoms with Crippen LogP contribution in [0.3, 0.4) is 0 Å². The van der Waals surface area contributed by atoms with Gasteiger partial charge in [0.25, 0.3) is 0 Å². The average molecular weight is 248 g/mol. The maximum Gasteiger partial charge on any atom is 0.119 e. The van der Waals surface area contributed by atoms with E-state index >= 15 is 0 Å². The van der Waals surface area contributed by atoms with Crippen molar-refractivity contribution in [2.75, 3.05) is 13.7 Å². The minimum absolute atomic E-state index is 0.193. The predicted octanol–water partition coefficient (Wildman–Crippen LogP) is 2.77. The number of hydrogen-bond donors (Lipinski definition) is 0. The zero-order chi connectivity index (χ0) is 13.2. The fourth-order valence-corrected chi connectivity index (χ4v) is 1.72. The van der Waals surface area contributed by atoms with Gasteiger partial charge >= 0.3 is 0 Å². The van der Waals surface area contributed by atoms with Crippen molar-refractivity contribution in [2.24, 2.45) is 4.99 Å². The molecule has 0 atom stereocenters. The Morgan fingerprint density at radius 2 is 1.78 bits per heavy atom. The number of aliphatic imine (C=N–C) groups is 1. The second-order valence-corrected chi connectivity index (χ2v) is 4.32. The van der Waals surface area contributed by atoms with Crippen LogP contribution in [0, 0.1) is 0 Å². The molecule has 0 spiro atoms. The van der Waals surface area contributed by atoms with Crippen molar-refractivity contribution in [1.82, 2.24) is 0 Å². The first-order valence-electron chi connectivity index (χ1n) is 6.65. The summed E-state index contributed by atoms with van der Waals surface area (Å²) in [5.74, 6) is 0.624. The largest absolute Gasteiger partial charge is 0.859 e. The summed E-state index contributed by atoms with van der Waals surface area (Å²) in [6.45, 7) is 2.96. The average Bonchev–Trinajstić information content (AvgIpc) is 2.42. The molecule has 3 nitrogen and oxygen atoms in total. The van der Waals surface area contributed by atoms with Gasteiger partial charge in [-0.1, -0.05) is 44.7 Å². The van der Waals surface area contributed by atoms with Crippen molar-refractivity contribution < 1.29 is 9.84 Å². The minimum Gasteiger partial charge on any atom is -0.859 e. The van der Waals surface area contributed by atoms with E-state index in [1.54, 1.807) is 12.1 Å². The molecular weight excluding hydrogens is 226 g/mol. The Hall–Kier alpha value is -1.51. The first-order chi connectivity index (χ1) is 8.77. The van der Waals surface area contributed by atoms with Gasteiger partial charge in [0.15, 0.2) is 0 Å².